The minimum Gasteiger partial charge on any atom is -0.326 e. The van der Waals surface area contributed by atoms with Crippen LogP contribution in [-0.2, 0) is 21.2 Å². The molecule has 7 nitrogen and oxygen atoms in total. The fourth-order valence-electron chi connectivity index (χ4n) is 2.66. The second kappa shape index (κ2) is 7.92. The van der Waals surface area contributed by atoms with Gasteiger partial charge in [0, 0.05) is 16.9 Å². The second-order valence-corrected chi connectivity index (χ2v) is 8.52. The number of aromatic nitrogens is 2. The van der Waals surface area contributed by atoms with E-state index in [-0.39, 0.29) is 28.6 Å². The largest absolute Gasteiger partial charge is 0.326 e. The lowest BCUT2D eigenvalue weighted by molar-refractivity contribution is -0.115. The predicted octanol–water partition coefficient (Wildman–Crippen LogP) is 3.32. The number of aryl methyl sites for hydroxylation is 1. The van der Waals surface area contributed by atoms with Gasteiger partial charge in [0.25, 0.3) is 0 Å². The lowest BCUT2D eigenvalue weighted by Crippen LogP contribution is -2.18. The van der Waals surface area contributed by atoms with E-state index in [0.717, 1.165) is 5.56 Å². The van der Waals surface area contributed by atoms with E-state index in [9.17, 15) is 13.2 Å². The van der Waals surface area contributed by atoms with Gasteiger partial charge in [-0.25, -0.2) is 18.2 Å². The van der Waals surface area contributed by atoms with Crippen molar-refractivity contribution in [1.82, 2.24) is 9.78 Å². The molecule has 0 radical (unpaired) electrons. The van der Waals surface area contributed by atoms with Crippen LogP contribution in [0.4, 0.5) is 5.69 Å². The van der Waals surface area contributed by atoms with Crippen molar-refractivity contribution in [3.8, 4) is 5.69 Å². The molecule has 3 N–H and O–H groups in total. The van der Waals surface area contributed by atoms with Crippen LogP contribution in [0.2, 0.25) is 10.0 Å². The van der Waals surface area contributed by atoms with Gasteiger partial charge < -0.3 is 5.32 Å². The second-order valence-electron chi connectivity index (χ2n) is 6.15. The molecule has 28 heavy (non-hydrogen) atoms. The third-order valence-corrected chi connectivity index (χ3v) is 5.40. The van der Waals surface area contributed by atoms with Gasteiger partial charge >= 0.3 is 0 Å². The number of primary sulfonamides is 1. The summed E-state index contributed by atoms with van der Waals surface area (Å²) in [4.78, 5) is 12.2. The summed E-state index contributed by atoms with van der Waals surface area (Å²) in [5.41, 5.74) is 2.15. The van der Waals surface area contributed by atoms with Crippen LogP contribution < -0.4 is 10.5 Å². The Morgan fingerprint density at radius 1 is 1.21 bits per heavy atom. The lowest BCUT2D eigenvalue weighted by atomic mass is 10.1. The van der Waals surface area contributed by atoms with Crippen molar-refractivity contribution in [2.75, 3.05) is 5.32 Å². The van der Waals surface area contributed by atoms with Crippen LogP contribution in [0, 0.1) is 6.92 Å². The number of nitrogens with zero attached hydrogens (tertiary/aromatic N) is 2. The first kappa shape index (κ1) is 20.3. The number of sulfonamides is 1. The van der Waals surface area contributed by atoms with Crippen LogP contribution in [0.3, 0.4) is 0 Å². The highest BCUT2D eigenvalue weighted by Crippen LogP contribution is 2.24. The third-order valence-electron chi connectivity index (χ3n) is 3.90. The quantitative estimate of drug-likeness (QED) is 0.636. The standard InChI is InChI=1S/C18H16Cl2N4O3S/c1-11-2-4-15(20)12(6-11)7-18(25)23-14-3-5-16(17(8-14)28(21,26)27)24-10-13(19)9-22-24/h2-6,8-10H,7H2,1H3,(H,23,25)(H2,21,26,27). The number of nitrogens with one attached hydrogen (secondary N) is 1. The first-order valence-corrected chi connectivity index (χ1v) is 10.4. The molecular weight excluding hydrogens is 423 g/mol. The molecule has 0 unspecified atom stereocenters. The fraction of sp³-hybridized carbons (Fsp3) is 0.111. The molecule has 0 spiro atoms. The molecule has 0 aliphatic carbocycles. The van der Waals surface area contributed by atoms with Gasteiger partial charge in [-0.1, -0.05) is 40.9 Å². The Kier molecular flexibility index (Phi) is 5.76. The van der Waals surface area contributed by atoms with Crippen LogP contribution in [0.25, 0.3) is 5.69 Å². The van der Waals surface area contributed by atoms with Gasteiger partial charge in [-0.3, -0.25) is 4.79 Å². The molecule has 1 heterocycles. The van der Waals surface area contributed by atoms with E-state index in [1.807, 2.05) is 19.1 Å². The molecule has 0 aliphatic heterocycles. The molecule has 0 aliphatic rings. The van der Waals surface area contributed by atoms with E-state index in [4.69, 9.17) is 28.3 Å². The minimum atomic E-state index is -4.08. The van der Waals surface area contributed by atoms with Gasteiger partial charge in [0.15, 0.2) is 0 Å². The maximum Gasteiger partial charge on any atom is 0.240 e. The zero-order valence-corrected chi connectivity index (χ0v) is 17.0. The van der Waals surface area contributed by atoms with Crippen molar-refractivity contribution >= 4 is 44.8 Å². The van der Waals surface area contributed by atoms with E-state index < -0.39 is 10.0 Å². The number of hydrogen-bond acceptors (Lipinski definition) is 4. The lowest BCUT2D eigenvalue weighted by Gasteiger charge is -2.12. The number of carbonyl (C=O) groups is 1. The maximum atomic E-state index is 12.4. The summed E-state index contributed by atoms with van der Waals surface area (Å²) in [6, 6.07) is 9.71. The average molecular weight is 439 g/mol. The Hall–Kier alpha value is -2.39. The highest BCUT2D eigenvalue weighted by Gasteiger charge is 2.18. The number of halogens is 2. The summed E-state index contributed by atoms with van der Waals surface area (Å²) < 4.78 is 25.3. The Morgan fingerprint density at radius 2 is 1.96 bits per heavy atom. The van der Waals surface area contributed by atoms with Gasteiger partial charge in [0.2, 0.25) is 15.9 Å². The summed E-state index contributed by atoms with van der Waals surface area (Å²) in [6.07, 6.45) is 2.86. The minimum absolute atomic E-state index is 0.0434. The monoisotopic (exact) mass is 438 g/mol. The molecule has 0 saturated heterocycles. The van der Waals surface area contributed by atoms with Crippen molar-refractivity contribution < 1.29 is 13.2 Å². The molecule has 1 amide bonds. The zero-order valence-electron chi connectivity index (χ0n) is 14.7. The number of rotatable bonds is 5. The summed E-state index contributed by atoms with van der Waals surface area (Å²) in [6.45, 7) is 1.90. The fourth-order valence-corrected chi connectivity index (χ4v) is 3.72. The first-order valence-electron chi connectivity index (χ1n) is 8.06. The number of anilines is 1. The maximum absolute atomic E-state index is 12.4. The van der Waals surface area contributed by atoms with Gasteiger partial charge in [-0.2, -0.15) is 5.10 Å². The highest BCUT2D eigenvalue weighted by molar-refractivity contribution is 7.89. The van der Waals surface area contributed by atoms with E-state index in [1.54, 1.807) is 12.1 Å². The molecular formula is C18H16Cl2N4O3S. The van der Waals surface area contributed by atoms with Crippen LogP contribution in [0.5, 0.6) is 0 Å². The first-order chi connectivity index (χ1) is 13.1. The number of hydrogen-bond donors (Lipinski definition) is 2. The van der Waals surface area contributed by atoms with Gasteiger partial charge in [0.05, 0.1) is 23.3 Å². The zero-order chi connectivity index (χ0) is 20.5. The van der Waals surface area contributed by atoms with Crippen LogP contribution in [0.15, 0.2) is 53.7 Å². The molecule has 0 bridgehead atoms. The number of amides is 1. The van der Waals surface area contributed by atoms with Gasteiger partial charge in [-0.05, 0) is 36.8 Å². The summed E-state index contributed by atoms with van der Waals surface area (Å²) >= 11 is 12.0. The molecule has 146 valence electrons. The van der Waals surface area contributed by atoms with Crippen LogP contribution in [-0.4, -0.2) is 24.1 Å². The Bertz CT molecular complexity index is 1160. The summed E-state index contributed by atoms with van der Waals surface area (Å²) in [7, 11) is -4.08. The smallest absolute Gasteiger partial charge is 0.240 e. The third kappa shape index (κ3) is 4.71. The molecule has 3 rings (SSSR count). The topological polar surface area (TPSA) is 107 Å². The molecule has 1 aromatic heterocycles. The molecule has 0 saturated carbocycles. The van der Waals surface area contributed by atoms with Crippen LogP contribution >= 0.6 is 23.2 Å². The van der Waals surface area contributed by atoms with Crippen LogP contribution in [0.1, 0.15) is 11.1 Å². The van der Waals surface area contributed by atoms with E-state index >= 15 is 0 Å². The van der Waals surface area contributed by atoms with Crippen molar-refractivity contribution in [1.29, 1.82) is 0 Å². The average Bonchev–Trinajstić information content (AvgIpc) is 3.03. The highest BCUT2D eigenvalue weighted by atomic mass is 35.5. The van der Waals surface area contributed by atoms with E-state index in [0.29, 0.717) is 15.6 Å². The molecule has 0 fully saturated rings. The normalized spacial score (nSPS) is 11.4. The van der Waals surface area contributed by atoms with Crippen molar-refractivity contribution in [3.63, 3.8) is 0 Å². The summed E-state index contributed by atoms with van der Waals surface area (Å²) in [5, 5.41) is 12.8. The SMILES string of the molecule is Cc1ccc(Cl)c(CC(=O)Nc2ccc(-n3cc(Cl)cn3)c(S(N)(=O)=O)c2)c1. The number of benzene rings is 2. The molecule has 10 heteroatoms. The Labute approximate surface area is 172 Å². The van der Waals surface area contributed by atoms with Gasteiger partial charge in [0.1, 0.15) is 4.90 Å². The van der Waals surface area contributed by atoms with E-state index in [2.05, 4.69) is 10.4 Å². The molecule has 2 aromatic carbocycles. The number of nitrogens with two attached hydrogens (primary N) is 1. The molecule has 0 atom stereocenters. The van der Waals surface area contributed by atoms with Crippen molar-refractivity contribution in [3.05, 3.63) is 70.0 Å². The van der Waals surface area contributed by atoms with Gasteiger partial charge in [-0.15, -0.1) is 0 Å². The Balaban J connectivity index is 1.88. The Morgan fingerprint density at radius 3 is 2.61 bits per heavy atom. The van der Waals surface area contributed by atoms with E-state index in [1.165, 1.54) is 29.2 Å². The van der Waals surface area contributed by atoms with Crippen molar-refractivity contribution in [2.24, 2.45) is 5.14 Å². The predicted molar refractivity (Wildman–Crippen MR) is 108 cm³/mol. The van der Waals surface area contributed by atoms with Crippen molar-refractivity contribution in [2.45, 2.75) is 18.2 Å². The molecule has 3 aromatic rings. The number of carbonyl (C=O) groups excluding carboxylic acids is 1. The summed E-state index contributed by atoms with van der Waals surface area (Å²) in [5.74, 6) is -0.345.